The van der Waals surface area contributed by atoms with Crippen molar-refractivity contribution < 1.29 is 9.90 Å². The van der Waals surface area contributed by atoms with E-state index in [1.165, 1.54) is 11.3 Å². The third kappa shape index (κ3) is 4.08. The van der Waals surface area contributed by atoms with Crippen molar-refractivity contribution in [2.45, 2.75) is 6.42 Å². The Kier molecular flexibility index (Phi) is 5.35. The second kappa shape index (κ2) is 8.61. The number of hydrogen-bond donors (Lipinski definition) is 1. The second-order valence-corrected chi connectivity index (χ2v) is 8.34. The lowest BCUT2D eigenvalue weighted by Gasteiger charge is -2.02. The molecule has 1 N–H and O–H groups in total. The number of carbonyl (C=O) groups is 1. The maximum atomic E-state index is 11.7. The highest BCUT2D eigenvalue weighted by Gasteiger charge is 2.16. The largest absolute Gasteiger partial charge is 0.481 e. The molecule has 0 saturated heterocycles. The SMILES string of the molecule is O=C(O)C/C(=C\c1cn(-c2ccccc2)nc1-c1ccccc1)c1nc2ccccc2s1. The summed E-state index contributed by atoms with van der Waals surface area (Å²) in [6.45, 7) is 0. The molecule has 3 aromatic carbocycles. The minimum atomic E-state index is -0.896. The third-order valence-corrected chi connectivity index (χ3v) is 6.16. The highest BCUT2D eigenvalue weighted by molar-refractivity contribution is 7.19. The van der Waals surface area contributed by atoms with Gasteiger partial charge < -0.3 is 5.11 Å². The summed E-state index contributed by atoms with van der Waals surface area (Å²) in [5, 5.41) is 15.1. The Morgan fingerprint density at radius 1 is 0.938 bits per heavy atom. The van der Waals surface area contributed by atoms with E-state index in [1.807, 2.05) is 102 Å². The van der Waals surface area contributed by atoms with Crippen LogP contribution in [0.4, 0.5) is 0 Å². The Bertz CT molecular complexity index is 1390. The summed E-state index contributed by atoms with van der Waals surface area (Å²) < 4.78 is 2.85. The van der Waals surface area contributed by atoms with Gasteiger partial charge in [-0.1, -0.05) is 60.7 Å². The summed E-state index contributed by atoms with van der Waals surface area (Å²) in [6, 6.07) is 27.6. The quantitative estimate of drug-likeness (QED) is 0.345. The van der Waals surface area contributed by atoms with E-state index in [2.05, 4.69) is 4.98 Å². The van der Waals surface area contributed by atoms with Crippen LogP contribution < -0.4 is 0 Å². The first-order valence-electron chi connectivity index (χ1n) is 10.2. The van der Waals surface area contributed by atoms with E-state index in [0.717, 1.165) is 32.7 Å². The number of nitrogens with zero attached hydrogens (tertiary/aromatic N) is 3. The second-order valence-electron chi connectivity index (χ2n) is 7.31. The lowest BCUT2D eigenvalue weighted by Crippen LogP contribution is -1.97. The van der Waals surface area contributed by atoms with Crippen molar-refractivity contribution >= 4 is 39.2 Å². The van der Waals surface area contributed by atoms with Gasteiger partial charge in [0.25, 0.3) is 0 Å². The van der Waals surface area contributed by atoms with Crippen LogP contribution in [-0.2, 0) is 4.79 Å². The zero-order valence-electron chi connectivity index (χ0n) is 17.1. The number of aromatic nitrogens is 3. The Morgan fingerprint density at radius 3 is 2.34 bits per heavy atom. The zero-order chi connectivity index (χ0) is 21.9. The minimum Gasteiger partial charge on any atom is -0.481 e. The molecule has 5 nitrogen and oxygen atoms in total. The fourth-order valence-corrected chi connectivity index (χ4v) is 4.55. The van der Waals surface area contributed by atoms with Crippen LogP contribution in [0.5, 0.6) is 0 Å². The molecule has 0 amide bonds. The fraction of sp³-hybridized carbons (Fsp3) is 0.0385. The molecule has 0 atom stereocenters. The summed E-state index contributed by atoms with van der Waals surface area (Å²) in [5.74, 6) is -0.896. The first-order valence-corrected chi connectivity index (χ1v) is 11.0. The molecule has 32 heavy (non-hydrogen) atoms. The molecule has 2 heterocycles. The van der Waals surface area contributed by atoms with Crippen LogP contribution in [0.3, 0.4) is 0 Å². The number of rotatable bonds is 6. The van der Waals surface area contributed by atoms with Crippen molar-refractivity contribution in [3.8, 4) is 16.9 Å². The van der Waals surface area contributed by atoms with E-state index in [9.17, 15) is 9.90 Å². The monoisotopic (exact) mass is 437 g/mol. The standard InChI is InChI=1S/C26H19N3O2S/c30-24(31)16-19(26-27-22-13-7-8-14-23(22)32-26)15-20-17-29(21-11-5-2-6-12-21)28-25(20)18-9-3-1-4-10-18/h1-15,17H,16H2,(H,30,31)/b19-15+. The molecule has 5 aromatic rings. The van der Waals surface area contributed by atoms with Gasteiger partial charge in [-0.05, 0) is 35.9 Å². The Labute approximate surface area is 188 Å². The number of thiazole rings is 1. The Balaban J connectivity index is 1.68. The summed E-state index contributed by atoms with van der Waals surface area (Å²) in [7, 11) is 0. The minimum absolute atomic E-state index is 0.120. The van der Waals surface area contributed by atoms with Gasteiger partial charge in [-0.15, -0.1) is 11.3 Å². The van der Waals surface area contributed by atoms with Gasteiger partial charge in [0.15, 0.2) is 0 Å². The van der Waals surface area contributed by atoms with Gasteiger partial charge >= 0.3 is 5.97 Å². The van der Waals surface area contributed by atoms with Crippen LogP contribution in [0, 0.1) is 0 Å². The van der Waals surface area contributed by atoms with Crippen molar-refractivity contribution in [1.29, 1.82) is 0 Å². The third-order valence-electron chi connectivity index (χ3n) is 5.05. The van der Waals surface area contributed by atoms with Crippen LogP contribution in [0.2, 0.25) is 0 Å². The number of benzene rings is 3. The molecule has 0 aliphatic rings. The first-order chi connectivity index (χ1) is 15.7. The average molecular weight is 438 g/mol. The predicted molar refractivity (Wildman–Crippen MR) is 129 cm³/mol. The maximum absolute atomic E-state index is 11.7. The van der Waals surface area contributed by atoms with Gasteiger partial charge in [-0.25, -0.2) is 9.67 Å². The van der Waals surface area contributed by atoms with Crippen molar-refractivity contribution in [1.82, 2.24) is 14.8 Å². The van der Waals surface area contributed by atoms with Crippen molar-refractivity contribution in [3.05, 3.63) is 102 Å². The molecule has 0 fully saturated rings. The molecular weight excluding hydrogens is 418 g/mol. The van der Waals surface area contributed by atoms with Crippen LogP contribution in [0.15, 0.2) is 91.1 Å². The molecule has 0 saturated carbocycles. The molecule has 0 bridgehead atoms. The highest BCUT2D eigenvalue weighted by atomic mass is 32.1. The van der Waals surface area contributed by atoms with Crippen LogP contribution >= 0.6 is 11.3 Å². The van der Waals surface area contributed by atoms with Crippen LogP contribution in [0.1, 0.15) is 17.0 Å². The van der Waals surface area contributed by atoms with E-state index in [4.69, 9.17) is 5.10 Å². The van der Waals surface area contributed by atoms with E-state index in [1.54, 1.807) is 0 Å². The van der Waals surface area contributed by atoms with Gasteiger partial charge in [0.2, 0.25) is 0 Å². The van der Waals surface area contributed by atoms with Gasteiger partial charge in [0, 0.05) is 17.3 Å². The summed E-state index contributed by atoms with van der Waals surface area (Å²) in [5.41, 5.74) is 5.06. The molecule has 2 aromatic heterocycles. The van der Waals surface area contributed by atoms with Gasteiger partial charge in [0.1, 0.15) is 5.01 Å². The smallest absolute Gasteiger partial charge is 0.307 e. The van der Waals surface area contributed by atoms with E-state index >= 15 is 0 Å². The van der Waals surface area contributed by atoms with Crippen molar-refractivity contribution in [3.63, 3.8) is 0 Å². The maximum Gasteiger partial charge on any atom is 0.307 e. The lowest BCUT2D eigenvalue weighted by atomic mass is 10.0. The average Bonchev–Trinajstić information content (AvgIpc) is 3.44. The molecule has 0 aliphatic heterocycles. The van der Waals surface area contributed by atoms with Crippen LogP contribution in [-0.4, -0.2) is 25.8 Å². The van der Waals surface area contributed by atoms with E-state index in [0.29, 0.717) is 10.6 Å². The number of aliphatic carboxylic acids is 1. The molecule has 0 aliphatic carbocycles. The molecule has 6 heteroatoms. The highest BCUT2D eigenvalue weighted by Crippen LogP contribution is 2.33. The fourth-order valence-electron chi connectivity index (χ4n) is 3.57. The number of para-hydroxylation sites is 2. The molecule has 0 unspecified atom stereocenters. The number of carboxylic acid groups (broad SMARTS) is 1. The summed E-state index contributed by atoms with van der Waals surface area (Å²) in [6.07, 6.45) is 3.72. The summed E-state index contributed by atoms with van der Waals surface area (Å²) >= 11 is 1.50. The predicted octanol–water partition coefficient (Wildman–Crippen LogP) is 6.16. The molecule has 0 radical (unpaired) electrons. The lowest BCUT2D eigenvalue weighted by molar-refractivity contribution is -0.135. The summed E-state index contributed by atoms with van der Waals surface area (Å²) in [4.78, 5) is 16.4. The van der Waals surface area contributed by atoms with E-state index < -0.39 is 5.97 Å². The molecule has 0 spiro atoms. The van der Waals surface area contributed by atoms with Crippen LogP contribution in [0.25, 0.3) is 38.8 Å². The normalized spacial score (nSPS) is 11.7. The Hall–Kier alpha value is -4.03. The first kappa shape index (κ1) is 19.9. The Morgan fingerprint density at radius 2 is 1.62 bits per heavy atom. The van der Waals surface area contributed by atoms with Gasteiger partial charge in [0.05, 0.1) is 28.0 Å². The molecular formula is C26H19N3O2S. The van der Waals surface area contributed by atoms with Crippen molar-refractivity contribution in [2.24, 2.45) is 0 Å². The van der Waals surface area contributed by atoms with E-state index in [-0.39, 0.29) is 6.42 Å². The van der Waals surface area contributed by atoms with Gasteiger partial charge in [-0.2, -0.15) is 5.10 Å². The number of fused-ring (bicyclic) bond motifs is 1. The zero-order valence-corrected chi connectivity index (χ0v) is 17.9. The molecule has 156 valence electrons. The number of carboxylic acids is 1. The number of hydrogen-bond acceptors (Lipinski definition) is 4. The molecule has 5 rings (SSSR count). The van der Waals surface area contributed by atoms with Gasteiger partial charge in [-0.3, -0.25) is 4.79 Å². The topological polar surface area (TPSA) is 68.0 Å². The van der Waals surface area contributed by atoms with Crippen molar-refractivity contribution in [2.75, 3.05) is 0 Å².